The van der Waals surface area contributed by atoms with E-state index >= 15 is 0 Å². The normalized spacial score (nSPS) is 12.9. The number of aliphatic hydroxyl groups is 2. The van der Waals surface area contributed by atoms with Gasteiger partial charge in [-0.15, -0.1) is 0 Å². The maximum absolute atomic E-state index is 13.2. The Kier molecular flexibility index (Phi) is 3.84. The van der Waals surface area contributed by atoms with E-state index in [0.29, 0.717) is 4.47 Å². The molecule has 13 heavy (non-hydrogen) atoms. The summed E-state index contributed by atoms with van der Waals surface area (Å²) in [6, 6.07) is 4.48. The minimum absolute atomic E-state index is 0.138. The van der Waals surface area contributed by atoms with Crippen molar-refractivity contribution in [2.45, 2.75) is 12.5 Å². The molecular formula is C9H10BrFO2. The number of aliphatic hydroxyl groups excluding tert-OH is 2. The zero-order valence-corrected chi connectivity index (χ0v) is 8.46. The Morgan fingerprint density at radius 2 is 2.15 bits per heavy atom. The van der Waals surface area contributed by atoms with Crippen LogP contribution < -0.4 is 0 Å². The Balaban J connectivity index is 2.98. The Morgan fingerprint density at radius 1 is 1.46 bits per heavy atom. The molecule has 0 aromatic heterocycles. The molecule has 0 heterocycles. The summed E-state index contributed by atoms with van der Waals surface area (Å²) in [7, 11) is 0. The molecule has 0 saturated carbocycles. The molecule has 72 valence electrons. The lowest BCUT2D eigenvalue weighted by Gasteiger charge is -2.11. The molecular weight excluding hydrogens is 239 g/mol. The third kappa shape index (κ3) is 2.49. The van der Waals surface area contributed by atoms with Crippen LogP contribution in [-0.2, 0) is 0 Å². The van der Waals surface area contributed by atoms with E-state index in [-0.39, 0.29) is 18.6 Å². The molecule has 0 radical (unpaired) electrons. The van der Waals surface area contributed by atoms with Crippen LogP contribution in [0.1, 0.15) is 18.1 Å². The summed E-state index contributed by atoms with van der Waals surface area (Å²) in [5.74, 6) is -0.463. The van der Waals surface area contributed by atoms with Crippen LogP contribution in [0.25, 0.3) is 0 Å². The first-order valence-electron chi connectivity index (χ1n) is 3.89. The van der Waals surface area contributed by atoms with Gasteiger partial charge in [0.2, 0.25) is 0 Å². The topological polar surface area (TPSA) is 40.5 Å². The third-order valence-corrected chi connectivity index (χ3v) is 2.43. The molecule has 4 heteroatoms. The second-order valence-corrected chi connectivity index (χ2v) is 3.52. The second kappa shape index (κ2) is 4.69. The molecule has 1 atom stereocenters. The van der Waals surface area contributed by atoms with Crippen molar-refractivity contribution in [3.05, 3.63) is 34.1 Å². The van der Waals surface area contributed by atoms with E-state index in [1.807, 2.05) is 0 Å². The molecule has 0 aliphatic carbocycles. The third-order valence-electron chi connectivity index (χ3n) is 1.74. The maximum Gasteiger partial charge on any atom is 0.130 e. The van der Waals surface area contributed by atoms with Crippen molar-refractivity contribution >= 4 is 15.9 Å². The highest BCUT2D eigenvalue weighted by Gasteiger charge is 2.14. The van der Waals surface area contributed by atoms with Gasteiger partial charge in [0, 0.05) is 23.1 Å². The minimum atomic E-state index is -0.958. The Hall–Kier alpha value is -0.450. The van der Waals surface area contributed by atoms with E-state index < -0.39 is 11.9 Å². The Labute approximate surface area is 84.1 Å². The molecule has 0 fully saturated rings. The van der Waals surface area contributed by atoms with E-state index in [2.05, 4.69) is 15.9 Å². The highest BCUT2D eigenvalue weighted by Crippen LogP contribution is 2.27. The highest BCUT2D eigenvalue weighted by molar-refractivity contribution is 9.10. The van der Waals surface area contributed by atoms with Crippen molar-refractivity contribution in [3.8, 4) is 0 Å². The van der Waals surface area contributed by atoms with Crippen molar-refractivity contribution in [1.29, 1.82) is 0 Å². The number of hydrogen-bond acceptors (Lipinski definition) is 2. The fourth-order valence-electron chi connectivity index (χ4n) is 1.10. The van der Waals surface area contributed by atoms with Crippen molar-refractivity contribution in [3.63, 3.8) is 0 Å². The predicted octanol–water partition coefficient (Wildman–Crippen LogP) is 2.00. The average molecular weight is 249 g/mol. The number of hydrogen-bond donors (Lipinski definition) is 2. The van der Waals surface area contributed by atoms with E-state index in [0.717, 1.165) is 0 Å². The molecule has 1 aromatic carbocycles. The lowest BCUT2D eigenvalue weighted by molar-refractivity contribution is 0.130. The Bertz CT molecular complexity index is 271. The van der Waals surface area contributed by atoms with Gasteiger partial charge in [-0.2, -0.15) is 0 Å². The maximum atomic E-state index is 13.2. The molecule has 2 N–H and O–H groups in total. The van der Waals surface area contributed by atoms with Gasteiger partial charge in [-0.1, -0.05) is 22.0 Å². The first kappa shape index (κ1) is 10.6. The van der Waals surface area contributed by atoms with E-state index in [1.54, 1.807) is 12.1 Å². The monoisotopic (exact) mass is 248 g/mol. The van der Waals surface area contributed by atoms with E-state index in [1.165, 1.54) is 6.07 Å². The van der Waals surface area contributed by atoms with Gasteiger partial charge in [-0.25, -0.2) is 4.39 Å². The molecule has 0 unspecified atom stereocenters. The summed E-state index contributed by atoms with van der Waals surface area (Å²) in [4.78, 5) is 0. The molecule has 0 saturated heterocycles. The van der Waals surface area contributed by atoms with Gasteiger partial charge in [0.1, 0.15) is 5.82 Å². The summed E-state index contributed by atoms with van der Waals surface area (Å²) in [6.07, 6.45) is -0.819. The van der Waals surface area contributed by atoms with Gasteiger partial charge in [0.05, 0.1) is 6.10 Å². The SMILES string of the molecule is OCC[C@@H](O)c1c(F)cccc1Br. The van der Waals surface area contributed by atoms with Crippen molar-refractivity contribution in [1.82, 2.24) is 0 Å². The van der Waals surface area contributed by atoms with Crippen molar-refractivity contribution in [2.24, 2.45) is 0 Å². The second-order valence-electron chi connectivity index (χ2n) is 2.66. The first-order valence-corrected chi connectivity index (χ1v) is 4.69. The van der Waals surface area contributed by atoms with Gasteiger partial charge in [-0.3, -0.25) is 0 Å². The average Bonchev–Trinajstić information content (AvgIpc) is 2.04. The van der Waals surface area contributed by atoms with Crippen molar-refractivity contribution in [2.75, 3.05) is 6.61 Å². The summed E-state index contributed by atoms with van der Waals surface area (Å²) in [5, 5.41) is 18.0. The lowest BCUT2D eigenvalue weighted by Crippen LogP contribution is -2.03. The molecule has 0 spiro atoms. The van der Waals surface area contributed by atoms with Crippen LogP contribution in [0, 0.1) is 5.82 Å². The van der Waals surface area contributed by atoms with Crippen LogP contribution in [0.15, 0.2) is 22.7 Å². The van der Waals surface area contributed by atoms with Crippen molar-refractivity contribution < 1.29 is 14.6 Å². The lowest BCUT2D eigenvalue weighted by atomic mass is 10.1. The molecule has 1 rings (SSSR count). The summed E-state index contributed by atoms with van der Waals surface area (Å²) in [5.41, 5.74) is 0.205. The van der Waals surface area contributed by atoms with E-state index in [9.17, 15) is 9.50 Å². The quantitative estimate of drug-likeness (QED) is 0.860. The molecule has 0 aliphatic heterocycles. The first-order chi connectivity index (χ1) is 6.16. The van der Waals surface area contributed by atoms with Crippen LogP contribution >= 0.6 is 15.9 Å². The molecule has 1 aromatic rings. The van der Waals surface area contributed by atoms with Crippen LogP contribution in [0.4, 0.5) is 4.39 Å². The van der Waals surface area contributed by atoms with Crippen LogP contribution in [0.2, 0.25) is 0 Å². The molecule has 2 nitrogen and oxygen atoms in total. The van der Waals surface area contributed by atoms with Gasteiger partial charge < -0.3 is 10.2 Å². The Morgan fingerprint density at radius 3 is 2.69 bits per heavy atom. The van der Waals surface area contributed by atoms with Crippen LogP contribution in [0.3, 0.4) is 0 Å². The summed E-state index contributed by atoms with van der Waals surface area (Å²) < 4.78 is 13.7. The zero-order chi connectivity index (χ0) is 9.84. The number of benzene rings is 1. The number of rotatable bonds is 3. The summed E-state index contributed by atoms with van der Waals surface area (Å²) >= 11 is 3.14. The fraction of sp³-hybridized carbons (Fsp3) is 0.333. The fourth-order valence-corrected chi connectivity index (χ4v) is 1.70. The standard InChI is InChI=1S/C9H10BrFO2/c10-6-2-1-3-7(11)9(6)8(13)4-5-12/h1-3,8,12-13H,4-5H2/t8-/m1/s1. The molecule has 0 amide bonds. The molecule has 0 aliphatic rings. The minimum Gasteiger partial charge on any atom is -0.396 e. The van der Waals surface area contributed by atoms with Gasteiger partial charge in [0.25, 0.3) is 0 Å². The van der Waals surface area contributed by atoms with Crippen LogP contribution in [-0.4, -0.2) is 16.8 Å². The zero-order valence-electron chi connectivity index (χ0n) is 6.87. The summed E-state index contributed by atoms with van der Waals surface area (Å²) in [6.45, 7) is -0.165. The van der Waals surface area contributed by atoms with Gasteiger partial charge in [-0.05, 0) is 12.1 Å². The number of halogens is 2. The predicted molar refractivity (Wildman–Crippen MR) is 50.8 cm³/mol. The van der Waals surface area contributed by atoms with Crippen LogP contribution in [0.5, 0.6) is 0 Å². The van der Waals surface area contributed by atoms with Gasteiger partial charge >= 0.3 is 0 Å². The smallest absolute Gasteiger partial charge is 0.130 e. The largest absolute Gasteiger partial charge is 0.396 e. The van der Waals surface area contributed by atoms with E-state index in [4.69, 9.17) is 5.11 Å². The highest BCUT2D eigenvalue weighted by atomic mass is 79.9. The molecule has 0 bridgehead atoms. The van der Waals surface area contributed by atoms with Gasteiger partial charge in [0.15, 0.2) is 0 Å².